The van der Waals surface area contributed by atoms with Crippen LogP contribution in [0, 0.1) is 20.8 Å². The van der Waals surface area contributed by atoms with Crippen LogP contribution in [0.1, 0.15) is 22.3 Å². The molecule has 13 heavy (non-hydrogen) atoms. The van der Waals surface area contributed by atoms with E-state index in [2.05, 4.69) is 32.9 Å². The number of hydrogen-bond acceptors (Lipinski definition) is 1. The van der Waals surface area contributed by atoms with Crippen LogP contribution in [-0.2, 0) is 6.42 Å². The van der Waals surface area contributed by atoms with Gasteiger partial charge in [0, 0.05) is 0 Å². The second-order valence-corrected chi connectivity index (χ2v) is 3.33. The Bertz CT molecular complexity index is 282. The van der Waals surface area contributed by atoms with E-state index in [1.165, 1.54) is 22.3 Å². The van der Waals surface area contributed by atoms with Gasteiger partial charge in [-0.3, -0.25) is 0 Å². The van der Waals surface area contributed by atoms with Crippen LogP contribution in [0.3, 0.4) is 0 Å². The summed E-state index contributed by atoms with van der Waals surface area (Å²) in [5.74, 6) is 0. The normalized spacial score (nSPS) is 9.54. The summed E-state index contributed by atoms with van der Waals surface area (Å²) in [6.45, 7) is 7.23. The smallest absolute Gasteiger partial charge is 0.00366 e. The summed E-state index contributed by atoms with van der Waals surface area (Å²) in [7, 11) is 0. The van der Waals surface area contributed by atoms with E-state index in [1.807, 2.05) is 0 Å². The standard InChI is InChI=1S/C11H17N.ClH/c1-8-4-5-11(6-7-12)10(3)9(8)2;/h4-5H,6-7,12H2,1-3H3;1H. The molecule has 0 unspecified atom stereocenters. The maximum atomic E-state index is 5.52. The summed E-state index contributed by atoms with van der Waals surface area (Å²) in [4.78, 5) is 0. The first kappa shape index (κ1) is 12.5. The highest BCUT2D eigenvalue weighted by Gasteiger charge is 2.01. The monoisotopic (exact) mass is 199 g/mol. The lowest BCUT2D eigenvalue weighted by atomic mass is 9.97. The van der Waals surface area contributed by atoms with Crippen molar-refractivity contribution in [3.8, 4) is 0 Å². The average molecular weight is 200 g/mol. The molecule has 1 aromatic carbocycles. The van der Waals surface area contributed by atoms with Crippen LogP contribution in [0.15, 0.2) is 12.1 Å². The molecule has 0 aliphatic rings. The number of aryl methyl sites for hydroxylation is 1. The molecule has 0 saturated carbocycles. The molecule has 0 fully saturated rings. The van der Waals surface area contributed by atoms with E-state index in [9.17, 15) is 0 Å². The summed E-state index contributed by atoms with van der Waals surface area (Å²) in [6, 6.07) is 4.36. The Morgan fingerprint density at radius 3 is 2.23 bits per heavy atom. The van der Waals surface area contributed by atoms with E-state index >= 15 is 0 Å². The molecule has 1 rings (SSSR count). The van der Waals surface area contributed by atoms with E-state index in [4.69, 9.17) is 5.73 Å². The van der Waals surface area contributed by atoms with Gasteiger partial charge >= 0.3 is 0 Å². The molecule has 0 aromatic heterocycles. The van der Waals surface area contributed by atoms with Crippen LogP contribution in [0.25, 0.3) is 0 Å². The van der Waals surface area contributed by atoms with Crippen LogP contribution in [0.5, 0.6) is 0 Å². The number of rotatable bonds is 2. The van der Waals surface area contributed by atoms with Gasteiger partial charge in [-0.1, -0.05) is 12.1 Å². The molecular weight excluding hydrogens is 182 g/mol. The maximum absolute atomic E-state index is 5.52. The molecule has 0 radical (unpaired) electrons. The van der Waals surface area contributed by atoms with Crippen molar-refractivity contribution in [3.63, 3.8) is 0 Å². The third kappa shape index (κ3) is 2.71. The van der Waals surface area contributed by atoms with E-state index < -0.39 is 0 Å². The minimum absolute atomic E-state index is 0. The second-order valence-electron chi connectivity index (χ2n) is 3.33. The molecule has 0 bridgehead atoms. The number of hydrogen-bond donors (Lipinski definition) is 1. The Balaban J connectivity index is 0.00000144. The fourth-order valence-electron chi connectivity index (χ4n) is 1.44. The van der Waals surface area contributed by atoms with Crippen molar-refractivity contribution in [2.45, 2.75) is 27.2 Å². The molecule has 0 saturated heterocycles. The van der Waals surface area contributed by atoms with Crippen LogP contribution >= 0.6 is 12.4 Å². The van der Waals surface area contributed by atoms with Crippen molar-refractivity contribution in [3.05, 3.63) is 34.4 Å². The summed E-state index contributed by atoms with van der Waals surface area (Å²) in [5, 5.41) is 0. The van der Waals surface area contributed by atoms with Gasteiger partial charge in [0.25, 0.3) is 0 Å². The molecule has 0 spiro atoms. The number of benzene rings is 1. The number of nitrogens with two attached hydrogens (primary N) is 1. The fourth-order valence-corrected chi connectivity index (χ4v) is 1.44. The van der Waals surface area contributed by atoms with Crippen molar-refractivity contribution >= 4 is 12.4 Å². The molecular formula is C11H18ClN. The van der Waals surface area contributed by atoms with Gasteiger partial charge in [0.2, 0.25) is 0 Å². The maximum Gasteiger partial charge on any atom is -0.00366 e. The van der Waals surface area contributed by atoms with Crippen molar-refractivity contribution in [2.75, 3.05) is 6.54 Å². The van der Waals surface area contributed by atoms with E-state index in [0.717, 1.165) is 13.0 Å². The van der Waals surface area contributed by atoms with Crippen LogP contribution in [0.4, 0.5) is 0 Å². The van der Waals surface area contributed by atoms with Crippen molar-refractivity contribution < 1.29 is 0 Å². The Morgan fingerprint density at radius 2 is 1.69 bits per heavy atom. The average Bonchev–Trinajstić information content (AvgIpc) is 2.07. The fraction of sp³-hybridized carbons (Fsp3) is 0.455. The van der Waals surface area contributed by atoms with Gasteiger partial charge in [0.15, 0.2) is 0 Å². The van der Waals surface area contributed by atoms with Gasteiger partial charge in [-0.25, -0.2) is 0 Å². The molecule has 74 valence electrons. The molecule has 0 aliphatic heterocycles. The lowest BCUT2D eigenvalue weighted by Crippen LogP contribution is -2.05. The first-order valence-corrected chi connectivity index (χ1v) is 4.42. The van der Waals surface area contributed by atoms with Gasteiger partial charge in [0.1, 0.15) is 0 Å². The molecule has 0 aliphatic carbocycles. The molecule has 2 heteroatoms. The zero-order valence-electron chi connectivity index (χ0n) is 8.55. The van der Waals surface area contributed by atoms with Crippen LogP contribution in [-0.4, -0.2) is 6.54 Å². The predicted molar refractivity (Wildman–Crippen MR) is 60.7 cm³/mol. The SMILES string of the molecule is Cc1ccc(CCN)c(C)c1C.Cl. The molecule has 1 nitrogen and oxygen atoms in total. The summed E-state index contributed by atoms with van der Waals surface area (Å²) in [6.07, 6.45) is 0.993. The Hall–Kier alpha value is -0.530. The van der Waals surface area contributed by atoms with Gasteiger partial charge < -0.3 is 5.73 Å². The van der Waals surface area contributed by atoms with E-state index in [0.29, 0.717) is 0 Å². The topological polar surface area (TPSA) is 26.0 Å². The summed E-state index contributed by atoms with van der Waals surface area (Å²) in [5.41, 5.74) is 11.1. The lowest BCUT2D eigenvalue weighted by molar-refractivity contribution is 0.952. The van der Waals surface area contributed by atoms with Gasteiger partial charge in [-0.15, -0.1) is 12.4 Å². The van der Waals surface area contributed by atoms with Crippen molar-refractivity contribution in [2.24, 2.45) is 5.73 Å². The highest BCUT2D eigenvalue weighted by atomic mass is 35.5. The first-order valence-electron chi connectivity index (χ1n) is 4.42. The Morgan fingerprint density at radius 1 is 1.08 bits per heavy atom. The lowest BCUT2D eigenvalue weighted by Gasteiger charge is -2.09. The van der Waals surface area contributed by atoms with Crippen LogP contribution < -0.4 is 5.73 Å². The molecule has 0 amide bonds. The molecule has 1 aromatic rings. The first-order chi connectivity index (χ1) is 5.66. The van der Waals surface area contributed by atoms with Gasteiger partial charge in [-0.2, -0.15) is 0 Å². The Labute approximate surface area is 86.7 Å². The highest BCUT2D eigenvalue weighted by Crippen LogP contribution is 2.16. The third-order valence-corrected chi connectivity index (χ3v) is 2.58. The molecule has 0 heterocycles. The Kier molecular flexibility index (Phi) is 5.04. The van der Waals surface area contributed by atoms with Crippen molar-refractivity contribution in [1.29, 1.82) is 0 Å². The second kappa shape index (κ2) is 5.25. The van der Waals surface area contributed by atoms with Gasteiger partial charge in [-0.05, 0) is 56.0 Å². The molecule has 2 N–H and O–H groups in total. The minimum atomic E-state index is 0. The van der Waals surface area contributed by atoms with Crippen molar-refractivity contribution in [1.82, 2.24) is 0 Å². The van der Waals surface area contributed by atoms with Crippen LogP contribution in [0.2, 0.25) is 0 Å². The largest absolute Gasteiger partial charge is 0.330 e. The minimum Gasteiger partial charge on any atom is -0.330 e. The zero-order valence-corrected chi connectivity index (χ0v) is 9.37. The van der Waals surface area contributed by atoms with E-state index in [-0.39, 0.29) is 12.4 Å². The van der Waals surface area contributed by atoms with E-state index in [1.54, 1.807) is 0 Å². The molecule has 0 atom stereocenters. The summed E-state index contributed by atoms with van der Waals surface area (Å²) >= 11 is 0. The summed E-state index contributed by atoms with van der Waals surface area (Å²) < 4.78 is 0. The zero-order chi connectivity index (χ0) is 9.14. The number of halogens is 1. The third-order valence-electron chi connectivity index (χ3n) is 2.58. The van der Waals surface area contributed by atoms with Gasteiger partial charge in [0.05, 0.1) is 0 Å². The highest BCUT2D eigenvalue weighted by molar-refractivity contribution is 5.85. The predicted octanol–water partition coefficient (Wildman–Crippen LogP) is 2.53. The quantitative estimate of drug-likeness (QED) is 0.779.